The second kappa shape index (κ2) is 8.45. The van der Waals surface area contributed by atoms with E-state index in [4.69, 9.17) is 9.47 Å². The quantitative estimate of drug-likeness (QED) is 0.564. The summed E-state index contributed by atoms with van der Waals surface area (Å²) in [5.74, 6) is 1.47. The van der Waals surface area contributed by atoms with E-state index in [1.165, 1.54) is 22.3 Å². The Labute approximate surface area is 165 Å². The maximum absolute atomic E-state index is 12.3. The van der Waals surface area contributed by atoms with Crippen molar-refractivity contribution >= 4 is 5.78 Å². The third-order valence-electron chi connectivity index (χ3n) is 6.18. The number of carbonyl (C=O) groups excluding carboxylic acids is 1. The Bertz CT molecular complexity index is 645. The van der Waals surface area contributed by atoms with E-state index in [1.807, 2.05) is 6.92 Å². The van der Waals surface area contributed by atoms with Gasteiger partial charge in [0.2, 0.25) is 0 Å². The van der Waals surface area contributed by atoms with Crippen molar-refractivity contribution in [2.45, 2.75) is 104 Å². The summed E-state index contributed by atoms with van der Waals surface area (Å²) in [4.78, 5) is 12.3. The summed E-state index contributed by atoms with van der Waals surface area (Å²) < 4.78 is 12.1. The molecule has 1 aliphatic rings. The van der Waals surface area contributed by atoms with Crippen molar-refractivity contribution in [3.8, 4) is 0 Å². The number of carbonyl (C=O) groups is 1. The fourth-order valence-electron chi connectivity index (χ4n) is 4.20. The molecule has 0 saturated heterocycles. The largest absolute Gasteiger partial charge is 0.368 e. The van der Waals surface area contributed by atoms with Gasteiger partial charge in [-0.2, -0.15) is 0 Å². The van der Waals surface area contributed by atoms with Crippen LogP contribution in [0.1, 0.15) is 114 Å². The van der Waals surface area contributed by atoms with Gasteiger partial charge in [0.05, 0.1) is 12.2 Å². The molecule has 0 amide bonds. The summed E-state index contributed by atoms with van der Waals surface area (Å²) in [5.41, 5.74) is 4.57. The van der Waals surface area contributed by atoms with Crippen LogP contribution in [0.3, 0.4) is 0 Å². The summed E-state index contributed by atoms with van der Waals surface area (Å²) in [6.45, 7) is 17.5. The van der Waals surface area contributed by atoms with E-state index in [1.54, 1.807) is 7.11 Å². The van der Waals surface area contributed by atoms with Gasteiger partial charge < -0.3 is 9.47 Å². The molecule has 3 atom stereocenters. The van der Waals surface area contributed by atoms with Crippen LogP contribution in [0.5, 0.6) is 0 Å². The number of hydrogen-bond donors (Lipinski definition) is 0. The molecule has 0 aromatic heterocycles. The molecular formula is C24H38O3. The van der Waals surface area contributed by atoms with E-state index in [0.717, 1.165) is 6.42 Å². The molecule has 3 heteroatoms. The van der Waals surface area contributed by atoms with Crippen molar-refractivity contribution < 1.29 is 14.3 Å². The van der Waals surface area contributed by atoms with Gasteiger partial charge in [0.15, 0.2) is 5.78 Å². The summed E-state index contributed by atoms with van der Waals surface area (Å²) in [5, 5.41) is 0. The van der Waals surface area contributed by atoms with Gasteiger partial charge in [-0.05, 0) is 60.3 Å². The van der Waals surface area contributed by atoms with Gasteiger partial charge in [0, 0.05) is 13.5 Å². The molecule has 0 heterocycles. The Hall–Kier alpha value is -1.19. The second-order valence-electron chi connectivity index (χ2n) is 9.12. The molecule has 0 unspecified atom stereocenters. The van der Waals surface area contributed by atoms with E-state index in [9.17, 15) is 4.79 Å². The Balaban J connectivity index is 2.48. The molecule has 0 aliphatic heterocycles. The molecule has 0 bridgehead atoms. The van der Waals surface area contributed by atoms with Crippen LogP contribution in [-0.2, 0) is 14.3 Å². The molecular weight excluding hydrogens is 336 g/mol. The molecule has 152 valence electrons. The average molecular weight is 375 g/mol. The van der Waals surface area contributed by atoms with Crippen LogP contribution in [0, 0.1) is 0 Å². The molecule has 1 saturated carbocycles. The Morgan fingerprint density at radius 1 is 0.963 bits per heavy atom. The lowest BCUT2D eigenvalue weighted by Crippen LogP contribution is -2.44. The number of benzene rings is 1. The average Bonchev–Trinajstić information content (AvgIpc) is 2.88. The lowest BCUT2D eigenvalue weighted by atomic mass is 9.82. The zero-order chi connectivity index (χ0) is 20.5. The summed E-state index contributed by atoms with van der Waals surface area (Å²) in [7, 11) is 1.61. The molecule has 0 N–H and O–H groups in total. The molecule has 27 heavy (non-hydrogen) atoms. The van der Waals surface area contributed by atoms with Crippen LogP contribution in [0.25, 0.3) is 0 Å². The molecule has 1 aromatic carbocycles. The normalized spacial score (nSPS) is 24.4. The number of rotatable bonds is 7. The second-order valence-corrected chi connectivity index (χ2v) is 9.12. The molecule has 0 radical (unpaired) electrons. The van der Waals surface area contributed by atoms with Gasteiger partial charge in [-0.1, -0.05) is 53.7 Å². The zero-order valence-electron chi connectivity index (χ0n) is 18.7. The molecule has 1 fully saturated rings. The first kappa shape index (κ1) is 22.1. The van der Waals surface area contributed by atoms with Gasteiger partial charge in [-0.25, -0.2) is 0 Å². The van der Waals surface area contributed by atoms with E-state index in [2.05, 4.69) is 60.6 Å². The maximum atomic E-state index is 12.3. The van der Waals surface area contributed by atoms with Crippen molar-refractivity contribution in [3.05, 3.63) is 34.4 Å². The SMILES string of the molecule is CO[C@@]1(C)C(=O)CC[C@@H]1O[C@H](C)c1c(C(C)C)cc(C(C)C)cc1C(C)C. The minimum absolute atomic E-state index is 0.0774. The van der Waals surface area contributed by atoms with Crippen molar-refractivity contribution in [1.29, 1.82) is 0 Å². The molecule has 0 spiro atoms. The predicted octanol–water partition coefficient (Wildman–Crippen LogP) is 6.27. The highest BCUT2D eigenvalue weighted by atomic mass is 16.6. The lowest BCUT2D eigenvalue weighted by Gasteiger charge is -2.33. The van der Waals surface area contributed by atoms with Crippen LogP contribution in [0.15, 0.2) is 12.1 Å². The van der Waals surface area contributed by atoms with Crippen LogP contribution >= 0.6 is 0 Å². The molecule has 3 nitrogen and oxygen atoms in total. The third kappa shape index (κ3) is 4.30. The number of methoxy groups -OCH3 is 1. The van der Waals surface area contributed by atoms with Crippen LogP contribution < -0.4 is 0 Å². The summed E-state index contributed by atoms with van der Waals surface area (Å²) in [6, 6.07) is 4.71. The van der Waals surface area contributed by atoms with Gasteiger partial charge >= 0.3 is 0 Å². The van der Waals surface area contributed by atoms with Crippen LogP contribution in [0.2, 0.25) is 0 Å². The van der Waals surface area contributed by atoms with Crippen molar-refractivity contribution in [2.75, 3.05) is 7.11 Å². The van der Waals surface area contributed by atoms with E-state index >= 15 is 0 Å². The maximum Gasteiger partial charge on any atom is 0.167 e. The Morgan fingerprint density at radius 2 is 1.48 bits per heavy atom. The van der Waals surface area contributed by atoms with Gasteiger partial charge in [0.25, 0.3) is 0 Å². The van der Waals surface area contributed by atoms with Crippen molar-refractivity contribution in [1.82, 2.24) is 0 Å². The Kier molecular flexibility index (Phi) is 6.91. The molecule has 1 aliphatic carbocycles. The van der Waals surface area contributed by atoms with Crippen LogP contribution in [0.4, 0.5) is 0 Å². The number of ether oxygens (including phenoxy) is 2. The fourth-order valence-corrected chi connectivity index (χ4v) is 4.20. The Morgan fingerprint density at radius 3 is 1.89 bits per heavy atom. The van der Waals surface area contributed by atoms with Crippen molar-refractivity contribution in [2.24, 2.45) is 0 Å². The molecule has 2 rings (SSSR count). The standard InChI is InChI=1S/C24H38O3/c1-14(2)18-12-19(15(3)4)23(20(13-18)16(5)6)17(7)27-22-11-10-21(25)24(22,8)26-9/h12-17,22H,10-11H2,1-9H3/t17-,22+,24+/m1/s1. The van der Waals surface area contributed by atoms with Crippen molar-refractivity contribution in [3.63, 3.8) is 0 Å². The predicted molar refractivity (Wildman–Crippen MR) is 112 cm³/mol. The first-order valence-electron chi connectivity index (χ1n) is 10.4. The molecule has 1 aromatic rings. The number of hydrogen-bond acceptors (Lipinski definition) is 3. The number of ketones is 1. The third-order valence-corrected chi connectivity index (χ3v) is 6.18. The van der Waals surface area contributed by atoms with Crippen LogP contribution in [-0.4, -0.2) is 24.6 Å². The highest BCUT2D eigenvalue weighted by Crippen LogP contribution is 2.40. The summed E-state index contributed by atoms with van der Waals surface area (Å²) >= 11 is 0. The number of Topliss-reactive ketones (excluding diaryl/α,β-unsaturated/α-hetero) is 1. The smallest absolute Gasteiger partial charge is 0.167 e. The first-order valence-corrected chi connectivity index (χ1v) is 10.4. The topological polar surface area (TPSA) is 35.5 Å². The zero-order valence-corrected chi connectivity index (χ0v) is 18.7. The van der Waals surface area contributed by atoms with Gasteiger partial charge in [-0.15, -0.1) is 0 Å². The minimum atomic E-state index is -0.831. The van der Waals surface area contributed by atoms with Gasteiger partial charge in [-0.3, -0.25) is 4.79 Å². The fraction of sp³-hybridized carbons (Fsp3) is 0.708. The highest BCUT2D eigenvalue weighted by Gasteiger charge is 2.48. The monoisotopic (exact) mass is 374 g/mol. The first-order chi connectivity index (χ1) is 12.5. The summed E-state index contributed by atoms with van der Waals surface area (Å²) in [6.07, 6.45) is 0.981. The van der Waals surface area contributed by atoms with E-state index in [-0.39, 0.29) is 18.0 Å². The minimum Gasteiger partial charge on any atom is -0.368 e. The van der Waals surface area contributed by atoms with E-state index < -0.39 is 5.60 Å². The van der Waals surface area contributed by atoms with E-state index in [0.29, 0.717) is 24.2 Å². The lowest BCUT2D eigenvalue weighted by molar-refractivity contribution is -0.154. The van der Waals surface area contributed by atoms with Gasteiger partial charge in [0.1, 0.15) is 5.60 Å². The highest BCUT2D eigenvalue weighted by molar-refractivity contribution is 5.90.